The van der Waals surface area contributed by atoms with Gasteiger partial charge in [-0.15, -0.1) is 0 Å². The molecule has 1 aromatic rings. The summed E-state index contributed by atoms with van der Waals surface area (Å²) in [7, 11) is 0. The molecular formula is C10H13N. The van der Waals surface area contributed by atoms with E-state index in [1.807, 2.05) is 31.3 Å². The Morgan fingerprint density at radius 3 is 3.00 bits per heavy atom. The van der Waals surface area contributed by atoms with Crippen molar-refractivity contribution < 1.29 is 0 Å². The summed E-state index contributed by atoms with van der Waals surface area (Å²) in [5.41, 5.74) is 2.41. The summed E-state index contributed by atoms with van der Waals surface area (Å²) in [6.45, 7) is 4.15. The fourth-order valence-corrected chi connectivity index (χ4v) is 1.06. The Morgan fingerprint density at radius 2 is 2.36 bits per heavy atom. The quantitative estimate of drug-likeness (QED) is 0.626. The molecule has 0 aliphatic rings. The maximum absolute atomic E-state index is 4.25. The van der Waals surface area contributed by atoms with Gasteiger partial charge in [0, 0.05) is 6.20 Å². The first-order valence-corrected chi connectivity index (χ1v) is 3.95. The second kappa shape index (κ2) is 3.91. The molecule has 0 saturated carbocycles. The lowest BCUT2D eigenvalue weighted by Gasteiger charge is -1.99. The third kappa shape index (κ3) is 1.90. The van der Waals surface area contributed by atoms with Crippen LogP contribution < -0.4 is 0 Å². The van der Waals surface area contributed by atoms with Crippen molar-refractivity contribution in [2.24, 2.45) is 0 Å². The fraction of sp³-hybridized carbons (Fsp3) is 0.300. The van der Waals surface area contributed by atoms with Gasteiger partial charge >= 0.3 is 0 Å². The van der Waals surface area contributed by atoms with E-state index in [2.05, 4.69) is 18.0 Å². The van der Waals surface area contributed by atoms with Crippen LogP contribution >= 0.6 is 0 Å². The van der Waals surface area contributed by atoms with Crippen LogP contribution in [-0.4, -0.2) is 4.98 Å². The number of pyridine rings is 1. The minimum atomic E-state index is 1.05. The van der Waals surface area contributed by atoms with E-state index in [9.17, 15) is 0 Å². The highest BCUT2D eigenvalue weighted by atomic mass is 14.7. The molecule has 11 heavy (non-hydrogen) atoms. The molecule has 1 aromatic heterocycles. The summed E-state index contributed by atoms with van der Waals surface area (Å²) in [4.78, 5) is 4.25. The minimum absolute atomic E-state index is 1.05. The van der Waals surface area contributed by atoms with Crippen LogP contribution in [0.3, 0.4) is 0 Å². The van der Waals surface area contributed by atoms with E-state index in [0.29, 0.717) is 0 Å². The third-order valence-electron chi connectivity index (χ3n) is 1.63. The maximum Gasteiger partial charge on any atom is 0.0658 e. The highest BCUT2D eigenvalue weighted by Gasteiger charge is 1.94. The summed E-state index contributed by atoms with van der Waals surface area (Å²) in [6, 6.07) is 4.09. The largest absolute Gasteiger partial charge is 0.257 e. The molecule has 0 saturated heterocycles. The standard InChI is InChI=1S/C10H13N/c1-3-6-10-9(4-2)7-5-8-11-10/h3,5-8H,4H2,1-2H3. The normalized spacial score (nSPS) is 10.7. The van der Waals surface area contributed by atoms with E-state index in [0.717, 1.165) is 12.1 Å². The van der Waals surface area contributed by atoms with Gasteiger partial charge in [-0.1, -0.05) is 19.1 Å². The molecule has 1 rings (SSSR count). The number of nitrogens with zero attached hydrogens (tertiary/aromatic N) is 1. The first-order chi connectivity index (χ1) is 5.38. The average molecular weight is 147 g/mol. The molecule has 0 spiro atoms. The Hall–Kier alpha value is -1.11. The fourth-order valence-electron chi connectivity index (χ4n) is 1.06. The zero-order valence-electron chi connectivity index (χ0n) is 7.04. The van der Waals surface area contributed by atoms with Gasteiger partial charge in [-0.25, -0.2) is 0 Å². The van der Waals surface area contributed by atoms with Crippen LogP contribution in [0.5, 0.6) is 0 Å². The number of aryl methyl sites for hydroxylation is 1. The van der Waals surface area contributed by atoms with Gasteiger partial charge in [-0.3, -0.25) is 4.98 Å². The Kier molecular flexibility index (Phi) is 2.84. The molecule has 0 atom stereocenters. The van der Waals surface area contributed by atoms with Gasteiger partial charge in [-0.2, -0.15) is 0 Å². The summed E-state index contributed by atoms with van der Waals surface area (Å²) in [5.74, 6) is 0. The van der Waals surface area contributed by atoms with Crippen molar-refractivity contribution in [3.8, 4) is 0 Å². The Bertz CT molecular complexity index is 251. The van der Waals surface area contributed by atoms with Crippen LogP contribution in [-0.2, 0) is 6.42 Å². The van der Waals surface area contributed by atoms with Crippen LogP contribution in [0.15, 0.2) is 24.4 Å². The van der Waals surface area contributed by atoms with Crippen molar-refractivity contribution >= 4 is 6.08 Å². The molecular weight excluding hydrogens is 134 g/mol. The number of hydrogen-bond donors (Lipinski definition) is 0. The zero-order valence-corrected chi connectivity index (χ0v) is 7.04. The van der Waals surface area contributed by atoms with Crippen LogP contribution in [0.1, 0.15) is 25.1 Å². The number of hydrogen-bond acceptors (Lipinski definition) is 1. The van der Waals surface area contributed by atoms with Crippen LogP contribution in [0.25, 0.3) is 6.08 Å². The van der Waals surface area contributed by atoms with Gasteiger partial charge in [0.25, 0.3) is 0 Å². The molecule has 0 unspecified atom stereocenters. The molecule has 1 heteroatoms. The van der Waals surface area contributed by atoms with Gasteiger partial charge in [0.1, 0.15) is 0 Å². The average Bonchev–Trinajstić information content (AvgIpc) is 2.06. The predicted molar refractivity (Wildman–Crippen MR) is 48.3 cm³/mol. The molecule has 0 aliphatic heterocycles. The van der Waals surface area contributed by atoms with Gasteiger partial charge in [0.15, 0.2) is 0 Å². The molecule has 0 aliphatic carbocycles. The van der Waals surface area contributed by atoms with Crippen molar-refractivity contribution in [2.75, 3.05) is 0 Å². The van der Waals surface area contributed by atoms with Crippen LogP contribution in [0.4, 0.5) is 0 Å². The van der Waals surface area contributed by atoms with Crippen molar-refractivity contribution in [1.82, 2.24) is 4.98 Å². The van der Waals surface area contributed by atoms with E-state index < -0.39 is 0 Å². The number of allylic oxidation sites excluding steroid dienone is 1. The first kappa shape index (κ1) is 7.99. The monoisotopic (exact) mass is 147 g/mol. The summed E-state index contributed by atoms with van der Waals surface area (Å²) in [6.07, 6.45) is 6.93. The molecule has 1 heterocycles. The maximum atomic E-state index is 4.25. The summed E-state index contributed by atoms with van der Waals surface area (Å²) >= 11 is 0. The molecule has 0 radical (unpaired) electrons. The molecule has 58 valence electrons. The lowest BCUT2D eigenvalue weighted by molar-refractivity contribution is 1.09. The van der Waals surface area contributed by atoms with Gasteiger partial charge in [0.05, 0.1) is 5.69 Å². The van der Waals surface area contributed by atoms with E-state index >= 15 is 0 Å². The lowest BCUT2D eigenvalue weighted by atomic mass is 10.1. The topological polar surface area (TPSA) is 12.9 Å². The molecule has 0 bridgehead atoms. The van der Waals surface area contributed by atoms with Crippen molar-refractivity contribution in [1.29, 1.82) is 0 Å². The van der Waals surface area contributed by atoms with E-state index in [1.165, 1.54) is 5.56 Å². The highest BCUT2D eigenvalue weighted by molar-refractivity contribution is 5.48. The molecule has 0 N–H and O–H groups in total. The molecule has 1 nitrogen and oxygen atoms in total. The second-order valence-corrected chi connectivity index (χ2v) is 2.40. The third-order valence-corrected chi connectivity index (χ3v) is 1.63. The Balaban J connectivity index is 3.02. The van der Waals surface area contributed by atoms with E-state index in [4.69, 9.17) is 0 Å². The van der Waals surface area contributed by atoms with Crippen molar-refractivity contribution in [3.05, 3.63) is 35.7 Å². The van der Waals surface area contributed by atoms with Crippen molar-refractivity contribution in [2.45, 2.75) is 20.3 Å². The summed E-state index contributed by atoms with van der Waals surface area (Å²) in [5, 5.41) is 0. The lowest BCUT2D eigenvalue weighted by Crippen LogP contribution is -1.88. The molecule has 0 fully saturated rings. The highest BCUT2D eigenvalue weighted by Crippen LogP contribution is 2.07. The van der Waals surface area contributed by atoms with Crippen LogP contribution in [0, 0.1) is 0 Å². The van der Waals surface area contributed by atoms with Crippen LogP contribution in [0.2, 0.25) is 0 Å². The Morgan fingerprint density at radius 1 is 1.55 bits per heavy atom. The predicted octanol–water partition coefficient (Wildman–Crippen LogP) is 2.68. The van der Waals surface area contributed by atoms with Gasteiger partial charge < -0.3 is 0 Å². The second-order valence-electron chi connectivity index (χ2n) is 2.40. The first-order valence-electron chi connectivity index (χ1n) is 3.95. The Labute approximate surface area is 67.8 Å². The summed E-state index contributed by atoms with van der Waals surface area (Å²) < 4.78 is 0. The number of rotatable bonds is 2. The zero-order chi connectivity index (χ0) is 8.10. The van der Waals surface area contributed by atoms with Gasteiger partial charge in [-0.05, 0) is 31.1 Å². The molecule has 0 amide bonds. The SMILES string of the molecule is CC=Cc1ncccc1CC. The smallest absolute Gasteiger partial charge is 0.0658 e. The number of aromatic nitrogens is 1. The van der Waals surface area contributed by atoms with E-state index in [1.54, 1.807) is 0 Å². The molecule has 0 aromatic carbocycles. The van der Waals surface area contributed by atoms with Gasteiger partial charge in [0.2, 0.25) is 0 Å². The van der Waals surface area contributed by atoms with E-state index in [-0.39, 0.29) is 0 Å². The van der Waals surface area contributed by atoms with Crippen molar-refractivity contribution in [3.63, 3.8) is 0 Å². The minimum Gasteiger partial charge on any atom is -0.257 e.